The van der Waals surface area contributed by atoms with Crippen LogP contribution in [0.15, 0.2) is 29.0 Å². The Morgan fingerprint density at radius 1 is 1.38 bits per heavy atom. The minimum Gasteiger partial charge on any atom is -0.147 e. The van der Waals surface area contributed by atoms with E-state index in [2.05, 4.69) is 67.5 Å². The van der Waals surface area contributed by atoms with Crippen molar-refractivity contribution in [2.75, 3.05) is 0 Å². The molecule has 0 aliphatic carbocycles. The summed E-state index contributed by atoms with van der Waals surface area (Å²) >= 11 is 9.64. The first-order valence-corrected chi connectivity index (χ1v) is 7.44. The van der Waals surface area contributed by atoms with Crippen LogP contribution in [0.2, 0.25) is 0 Å². The minimum atomic E-state index is 0.368. The molecule has 2 heterocycles. The lowest BCUT2D eigenvalue weighted by Gasteiger charge is -2.03. The minimum absolute atomic E-state index is 0.368. The van der Waals surface area contributed by atoms with Crippen LogP contribution < -0.4 is 0 Å². The highest BCUT2D eigenvalue weighted by Crippen LogP contribution is 2.35. The number of halogens is 2. The van der Waals surface area contributed by atoms with Crippen molar-refractivity contribution in [1.29, 1.82) is 0 Å². The summed E-state index contributed by atoms with van der Waals surface area (Å²) in [5.74, 6) is 0. The molecular weight excluding hydrogens is 379 g/mol. The maximum absolute atomic E-state index is 3.70. The summed E-state index contributed by atoms with van der Waals surface area (Å²) in [6.45, 7) is 0. The van der Waals surface area contributed by atoms with Gasteiger partial charge in [0.05, 0.1) is 7.71 Å². The average Bonchev–Trinajstić information content (AvgIpc) is 2.72. The van der Waals surface area contributed by atoms with Gasteiger partial charge in [0.15, 0.2) is 0 Å². The third-order valence-electron chi connectivity index (χ3n) is 1.67. The molecular formula is C9H6BrIS2. The molecule has 2 rings (SSSR count). The van der Waals surface area contributed by atoms with E-state index in [1.807, 2.05) is 0 Å². The van der Waals surface area contributed by atoms with Gasteiger partial charge in [-0.1, -0.05) is 22.0 Å². The Bertz CT molecular complexity index is 380. The second-order valence-corrected chi connectivity index (χ2v) is 7.26. The Morgan fingerprint density at radius 2 is 2.23 bits per heavy atom. The molecule has 13 heavy (non-hydrogen) atoms. The maximum atomic E-state index is 3.70. The van der Waals surface area contributed by atoms with E-state index < -0.39 is 0 Å². The van der Waals surface area contributed by atoms with E-state index >= 15 is 0 Å². The summed E-state index contributed by atoms with van der Waals surface area (Å²) in [6.07, 6.45) is 0. The van der Waals surface area contributed by atoms with Crippen molar-refractivity contribution < 1.29 is 0 Å². The number of hydrogen-bond acceptors (Lipinski definition) is 2. The molecule has 4 heteroatoms. The summed E-state index contributed by atoms with van der Waals surface area (Å²) in [4.78, 5) is 1.74. The van der Waals surface area contributed by atoms with Gasteiger partial charge in [-0.2, -0.15) is 0 Å². The van der Waals surface area contributed by atoms with Gasteiger partial charge in [-0.25, -0.2) is 0 Å². The van der Waals surface area contributed by atoms with Crippen molar-refractivity contribution in [1.82, 2.24) is 0 Å². The first-order chi connectivity index (χ1) is 6.27. The molecule has 2 aromatic rings. The van der Waals surface area contributed by atoms with E-state index in [4.69, 9.17) is 0 Å². The third-order valence-corrected chi connectivity index (χ3v) is 5.74. The van der Waals surface area contributed by atoms with Gasteiger partial charge >= 0.3 is 0 Å². The van der Waals surface area contributed by atoms with Crippen molar-refractivity contribution in [3.63, 3.8) is 0 Å². The number of alkyl halides is 1. The van der Waals surface area contributed by atoms with E-state index in [0.29, 0.717) is 4.83 Å². The van der Waals surface area contributed by atoms with E-state index in [1.165, 1.54) is 13.3 Å². The predicted octanol–water partition coefficient (Wildman–Crippen LogP) is 4.90. The Morgan fingerprint density at radius 3 is 2.77 bits per heavy atom. The fraction of sp³-hybridized carbons (Fsp3) is 0.111. The van der Waals surface area contributed by atoms with Crippen molar-refractivity contribution in [3.8, 4) is 0 Å². The highest BCUT2D eigenvalue weighted by Gasteiger charge is 2.12. The first-order valence-electron chi connectivity index (χ1n) is 3.69. The molecule has 0 nitrogen and oxygen atoms in total. The molecule has 1 unspecified atom stereocenters. The molecule has 0 saturated carbocycles. The molecule has 0 aliphatic rings. The van der Waals surface area contributed by atoms with Gasteiger partial charge in [0, 0.05) is 4.88 Å². The predicted molar refractivity (Wildman–Crippen MR) is 72.1 cm³/mol. The van der Waals surface area contributed by atoms with Crippen LogP contribution in [0, 0.1) is 2.88 Å². The molecule has 0 amide bonds. The second-order valence-electron chi connectivity index (χ2n) is 2.56. The smallest absolute Gasteiger partial charge is 0.0746 e. The van der Waals surface area contributed by atoms with Gasteiger partial charge in [0.2, 0.25) is 0 Å². The molecule has 0 saturated heterocycles. The summed E-state index contributed by atoms with van der Waals surface area (Å²) in [6, 6.07) is 6.48. The quantitative estimate of drug-likeness (QED) is 0.510. The maximum Gasteiger partial charge on any atom is 0.0746 e. The molecule has 0 spiro atoms. The molecule has 1 atom stereocenters. The van der Waals surface area contributed by atoms with Crippen molar-refractivity contribution in [2.45, 2.75) is 4.83 Å². The van der Waals surface area contributed by atoms with Gasteiger partial charge in [-0.05, 0) is 51.0 Å². The van der Waals surface area contributed by atoms with Crippen LogP contribution in [0.4, 0.5) is 0 Å². The molecule has 0 fully saturated rings. The van der Waals surface area contributed by atoms with E-state index in [0.717, 1.165) is 0 Å². The van der Waals surface area contributed by atoms with Crippen molar-refractivity contribution >= 4 is 61.2 Å². The highest BCUT2D eigenvalue weighted by molar-refractivity contribution is 14.1. The molecule has 0 aromatic carbocycles. The van der Waals surface area contributed by atoms with Crippen LogP contribution in [-0.4, -0.2) is 0 Å². The van der Waals surface area contributed by atoms with E-state index in [9.17, 15) is 0 Å². The molecule has 0 aliphatic heterocycles. The van der Waals surface area contributed by atoms with Crippen LogP contribution in [-0.2, 0) is 0 Å². The van der Waals surface area contributed by atoms with E-state index in [-0.39, 0.29) is 0 Å². The average molecular weight is 385 g/mol. The van der Waals surface area contributed by atoms with Gasteiger partial charge < -0.3 is 0 Å². The Kier molecular flexibility index (Phi) is 3.45. The Labute approximate surface area is 107 Å². The van der Waals surface area contributed by atoms with Gasteiger partial charge in [0.25, 0.3) is 0 Å². The fourth-order valence-corrected chi connectivity index (χ4v) is 4.10. The Balaban J connectivity index is 2.28. The number of hydrogen-bond donors (Lipinski definition) is 0. The van der Waals surface area contributed by atoms with Gasteiger partial charge in [0.1, 0.15) is 0 Å². The zero-order valence-electron chi connectivity index (χ0n) is 6.54. The largest absolute Gasteiger partial charge is 0.147 e. The first kappa shape index (κ1) is 10.1. The zero-order chi connectivity index (χ0) is 9.26. The molecule has 2 aromatic heterocycles. The van der Waals surface area contributed by atoms with Crippen LogP contribution in [0.1, 0.15) is 15.3 Å². The lowest BCUT2D eigenvalue weighted by molar-refractivity contribution is 1.25. The normalized spacial score (nSPS) is 13.1. The highest BCUT2D eigenvalue weighted by atomic mass is 127. The van der Waals surface area contributed by atoms with Crippen LogP contribution in [0.25, 0.3) is 0 Å². The number of thiophene rings is 2. The van der Waals surface area contributed by atoms with Gasteiger partial charge in [-0.15, -0.1) is 22.7 Å². The summed E-state index contributed by atoms with van der Waals surface area (Å²) in [5.41, 5.74) is 1.36. The third kappa shape index (κ3) is 2.34. The molecule has 68 valence electrons. The van der Waals surface area contributed by atoms with Crippen LogP contribution >= 0.6 is 61.2 Å². The standard InChI is InChI=1S/C9H6BrIS2/c10-9(7-2-1-3-12-7)6-4-8(11)13-5-6/h1-5,9H. The van der Waals surface area contributed by atoms with Crippen LogP contribution in [0.3, 0.4) is 0 Å². The topological polar surface area (TPSA) is 0 Å². The van der Waals surface area contributed by atoms with Crippen molar-refractivity contribution in [2.24, 2.45) is 0 Å². The molecule has 0 radical (unpaired) electrons. The lowest BCUT2D eigenvalue weighted by Crippen LogP contribution is -1.84. The van der Waals surface area contributed by atoms with Crippen molar-refractivity contribution in [3.05, 3.63) is 42.3 Å². The summed E-state index contributed by atoms with van der Waals surface area (Å²) in [5, 5.41) is 4.32. The summed E-state index contributed by atoms with van der Waals surface area (Å²) < 4.78 is 1.34. The lowest BCUT2D eigenvalue weighted by atomic mass is 10.2. The number of rotatable bonds is 2. The van der Waals surface area contributed by atoms with E-state index in [1.54, 1.807) is 22.7 Å². The molecule has 0 bridgehead atoms. The zero-order valence-corrected chi connectivity index (χ0v) is 11.9. The van der Waals surface area contributed by atoms with Crippen LogP contribution in [0.5, 0.6) is 0 Å². The second kappa shape index (κ2) is 4.42. The SMILES string of the molecule is BrC(c1csc(I)c1)c1cccs1. The Hall–Kier alpha value is 0.610. The summed E-state index contributed by atoms with van der Waals surface area (Å²) in [7, 11) is 0. The molecule has 0 N–H and O–H groups in total. The fourth-order valence-electron chi connectivity index (χ4n) is 1.06. The monoisotopic (exact) mass is 384 g/mol. The van der Waals surface area contributed by atoms with Gasteiger partial charge in [-0.3, -0.25) is 0 Å².